The van der Waals surface area contributed by atoms with Gasteiger partial charge in [0.05, 0.1) is 0 Å². The number of nitrogens with zero attached hydrogens (tertiary/aromatic N) is 3. The van der Waals surface area contributed by atoms with E-state index in [1.165, 1.54) is 24.1 Å². The van der Waals surface area contributed by atoms with Gasteiger partial charge in [-0.15, -0.1) is 0 Å². The van der Waals surface area contributed by atoms with E-state index in [0.717, 1.165) is 32.5 Å². The first-order valence-corrected chi connectivity index (χ1v) is 10.2. The highest BCUT2D eigenvalue weighted by Gasteiger charge is 2.21. The molecule has 25 heavy (non-hydrogen) atoms. The maximum Gasteiger partial charge on any atom is 0.244 e. The third-order valence-corrected chi connectivity index (χ3v) is 5.57. The molecule has 1 atom stereocenters. The summed E-state index contributed by atoms with van der Waals surface area (Å²) >= 11 is 1.68. The highest BCUT2D eigenvalue weighted by atomic mass is 32.1. The van der Waals surface area contributed by atoms with Crippen LogP contribution in [0.1, 0.15) is 49.8 Å². The predicted molar refractivity (Wildman–Crippen MR) is 102 cm³/mol. The fourth-order valence-electron chi connectivity index (χ4n) is 3.40. The maximum absolute atomic E-state index is 12.9. The molecular formula is C19H28N4OS. The van der Waals surface area contributed by atoms with Gasteiger partial charge >= 0.3 is 0 Å². The van der Waals surface area contributed by atoms with Crippen LogP contribution in [0.4, 0.5) is 0 Å². The van der Waals surface area contributed by atoms with E-state index in [4.69, 9.17) is 0 Å². The molecular weight excluding hydrogens is 332 g/mol. The molecule has 1 unspecified atom stereocenters. The molecule has 0 saturated carbocycles. The molecule has 0 aromatic carbocycles. The number of piperidine rings is 1. The van der Waals surface area contributed by atoms with E-state index in [2.05, 4.69) is 40.2 Å². The van der Waals surface area contributed by atoms with E-state index in [-0.39, 0.29) is 5.91 Å². The molecule has 6 heteroatoms. The fourth-order valence-corrected chi connectivity index (χ4v) is 4.06. The standard InChI is InChI=1S/C19H28N4OS/c1-2-3-10-22(13-16-7-11-25-15-16)19(24)14-23-18(6-9-21-23)17-5-4-8-20-12-17/h6-7,9,11,15,17,20H,2-5,8,10,12-14H2,1H3. The second kappa shape index (κ2) is 9.15. The third-order valence-electron chi connectivity index (χ3n) is 4.84. The highest BCUT2D eigenvalue weighted by molar-refractivity contribution is 7.07. The number of rotatable bonds is 8. The van der Waals surface area contributed by atoms with Crippen molar-refractivity contribution in [1.29, 1.82) is 0 Å². The monoisotopic (exact) mass is 360 g/mol. The smallest absolute Gasteiger partial charge is 0.244 e. The number of aromatic nitrogens is 2. The van der Waals surface area contributed by atoms with Crippen molar-refractivity contribution >= 4 is 17.2 Å². The summed E-state index contributed by atoms with van der Waals surface area (Å²) in [5, 5.41) is 12.1. The highest BCUT2D eigenvalue weighted by Crippen LogP contribution is 2.23. The topological polar surface area (TPSA) is 50.2 Å². The molecule has 0 radical (unpaired) electrons. The summed E-state index contributed by atoms with van der Waals surface area (Å²) < 4.78 is 1.91. The Hall–Kier alpha value is -1.66. The van der Waals surface area contributed by atoms with Gasteiger partial charge in [0.2, 0.25) is 5.91 Å². The number of unbranched alkanes of at least 4 members (excludes halogenated alkanes) is 1. The minimum atomic E-state index is 0.161. The summed E-state index contributed by atoms with van der Waals surface area (Å²) in [6.45, 7) is 6.08. The molecule has 0 bridgehead atoms. The average molecular weight is 361 g/mol. The number of hydrogen-bond acceptors (Lipinski definition) is 4. The number of nitrogens with one attached hydrogen (secondary N) is 1. The zero-order valence-corrected chi connectivity index (χ0v) is 15.8. The molecule has 1 N–H and O–H groups in total. The lowest BCUT2D eigenvalue weighted by Gasteiger charge is -2.25. The van der Waals surface area contributed by atoms with Crippen molar-refractivity contribution in [2.24, 2.45) is 0 Å². The third kappa shape index (κ3) is 4.92. The normalized spacial score (nSPS) is 17.6. The molecule has 3 rings (SSSR count). The van der Waals surface area contributed by atoms with E-state index in [0.29, 0.717) is 19.0 Å². The number of carbonyl (C=O) groups excluding carboxylic acids is 1. The summed E-state index contributed by atoms with van der Waals surface area (Å²) in [6.07, 6.45) is 6.31. The molecule has 136 valence electrons. The van der Waals surface area contributed by atoms with Crippen molar-refractivity contribution in [1.82, 2.24) is 20.0 Å². The van der Waals surface area contributed by atoms with Crippen LogP contribution in [0, 0.1) is 0 Å². The number of amides is 1. The maximum atomic E-state index is 12.9. The molecule has 1 amide bonds. The Morgan fingerprint density at radius 2 is 2.40 bits per heavy atom. The summed E-state index contributed by atoms with van der Waals surface area (Å²) in [4.78, 5) is 14.9. The summed E-state index contributed by atoms with van der Waals surface area (Å²) in [5.41, 5.74) is 2.40. The summed E-state index contributed by atoms with van der Waals surface area (Å²) in [5.74, 6) is 0.624. The Labute approximate surface area is 154 Å². The molecule has 0 aliphatic carbocycles. The van der Waals surface area contributed by atoms with Crippen LogP contribution >= 0.6 is 11.3 Å². The first-order chi connectivity index (χ1) is 12.3. The lowest BCUT2D eigenvalue weighted by Crippen LogP contribution is -2.36. The Balaban J connectivity index is 1.67. The Morgan fingerprint density at radius 3 is 3.12 bits per heavy atom. The van der Waals surface area contributed by atoms with Crippen LogP contribution in [0.3, 0.4) is 0 Å². The zero-order chi connectivity index (χ0) is 17.5. The molecule has 1 saturated heterocycles. The largest absolute Gasteiger partial charge is 0.337 e. The second-order valence-electron chi connectivity index (χ2n) is 6.76. The molecule has 1 aliphatic rings. The van der Waals surface area contributed by atoms with Crippen LogP contribution in [0.2, 0.25) is 0 Å². The first-order valence-electron chi connectivity index (χ1n) is 9.29. The summed E-state index contributed by atoms with van der Waals surface area (Å²) in [6, 6.07) is 4.17. The molecule has 5 nitrogen and oxygen atoms in total. The first kappa shape index (κ1) is 18.1. The van der Waals surface area contributed by atoms with Crippen molar-refractivity contribution in [3.05, 3.63) is 40.3 Å². The van der Waals surface area contributed by atoms with Crippen molar-refractivity contribution in [3.8, 4) is 0 Å². The van der Waals surface area contributed by atoms with Crippen LogP contribution in [0.25, 0.3) is 0 Å². The minimum absolute atomic E-state index is 0.161. The Bertz CT molecular complexity index is 646. The van der Waals surface area contributed by atoms with Crippen LogP contribution in [0.15, 0.2) is 29.1 Å². The van der Waals surface area contributed by atoms with Gasteiger partial charge in [0, 0.05) is 37.4 Å². The quantitative estimate of drug-likeness (QED) is 0.786. The molecule has 0 spiro atoms. The van der Waals surface area contributed by atoms with Gasteiger partial charge in [0.25, 0.3) is 0 Å². The van der Waals surface area contributed by atoms with Crippen molar-refractivity contribution in [3.63, 3.8) is 0 Å². The van der Waals surface area contributed by atoms with Crippen LogP contribution in [0.5, 0.6) is 0 Å². The van der Waals surface area contributed by atoms with Gasteiger partial charge in [-0.25, -0.2) is 0 Å². The van der Waals surface area contributed by atoms with Gasteiger partial charge in [0.1, 0.15) is 6.54 Å². The molecule has 2 aromatic rings. The zero-order valence-electron chi connectivity index (χ0n) is 15.0. The van der Waals surface area contributed by atoms with Crippen LogP contribution in [-0.4, -0.2) is 40.2 Å². The van der Waals surface area contributed by atoms with Crippen molar-refractivity contribution in [2.75, 3.05) is 19.6 Å². The molecule has 3 heterocycles. The predicted octanol–water partition coefficient (Wildman–Crippen LogP) is 3.24. The van der Waals surface area contributed by atoms with E-state index in [1.807, 2.05) is 15.8 Å². The van der Waals surface area contributed by atoms with Crippen molar-refractivity contribution in [2.45, 2.75) is 51.6 Å². The van der Waals surface area contributed by atoms with Crippen LogP contribution in [-0.2, 0) is 17.9 Å². The second-order valence-corrected chi connectivity index (χ2v) is 7.54. The molecule has 1 aliphatic heterocycles. The van der Waals surface area contributed by atoms with Crippen molar-refractivity contribution < 1.29 is 4.79 Å². The van der Waals surface area contributed by atoms with Crippen LogP contribution < -0.4 is 5.32 Å². The SMILES string of the molecule is CCCCN(Cc1ccsc1)C(=O)Cn1nccc1C1CCCNC1. The molecule has 2 aromatic heterocycles. The Kier molecular flexibility index (Phi) is 6.64. The van der Waals surface area contributed by atoms with E-state index in [9.17, 15) is 4.79 Å². The summed E-state index contributed by atoms with van der Waals surface area (Å²) in [7, 11) is 0. The number of carbonyl (C=O) groups is 1. The van der Waals surface area contributed by atoms with Gasteiger partial charge < -0.3 is 10.2 Å². The van der Waals surface area contributed by atoms with Gasteiger partial charge in [0.15, 0.2) is 0 Å². The lowest BCUT2D eigenvalue weighted by atomic mass is 9.96. The minimum Gasteiger partial charge on any atom is -0.337 e. The van der Waals surface area contributed by atoms with Gasteiger partial charge in [-0.3, -0.25) is 9.48 Å². The van der Waals surface area contributed by atoms with E-state index < -0.39 is 0 Å². The number of hydrogen-bond donors (Lipinski definition) is 1. The van der Waals surface area contributed by atoms with E-state index >= 15 is 0 Å². The molecule has 1 fully saturated rings. The average Bonchev–Trinajstić information content (AvgIpc) is 3.31. The van der Waals surface area contributed by atoms with Gasteiger partial charge in [-0.05, 0) is 54.3 Å². The Morgan fingerprint density at radius 1 is 1.48 bits per heavy atom. The fraction of sp³-hybridized carbons (Fsp3) is 0.579. The van der Waals surface area contributed by atoms with E-state index in [1.54, 1.807) is 11.3 Å². The van der Waals surface area contributed by atoms with Gasteiger partial charge in [-0.1, -0.05) is 13.3 Å². The van der Waals surface area contributed by atoms with Gasteiger partial charge in [-0.2, -0.15) is 16.4 Å². The lowest BCUT2D eigenvalue weighted by molar-refractivity contribution is -0.132. The number of thiophene rings is 1.